The van der Waals surface area contributed by atoms with Gasteiger partial charge in [0, 0.05) is 17.6 Å². The van der Waals surface area contributed by atoms with Crippen LogP contribution in [-0.4, -0.2) is 25.5 Å². The summed E-state index contributed by atoms with van der Waals surface area (Å²) in [5, 5.41) is 12.3. The van der Waals surface area contributed by atoms with Crippen molar-refractivity contribution in [2.45, 2.75) is 32.9 Å². The first kappa shape index (κ1) is 17.9. The number of hydrogen-bond donors (Lipinski definition) is 1. The summed E-state index contributed by atoms with van der Waals surface area (Å²) in [6.45, 7) is 5.86. The number of aromatic nitrogens is 4. The molecule has 0 radical (unpaired) electrons. The molecule has 0 saturated heterocycles. The van der Waals surface area contributed by atoms with Crippen LogP contribution in [0.15, 0.2) is 59.5 Å². The van der Waals surface area contributed by atoms with Gasteiger partial charge in [0.05, 0.1) is 16.6 Å². The number of nitrogens with zero attached hydrogens (tertiary/aromatic N) is 4. The van der Waals surface area contributed by atoms with Crippen molar-refractivity contribution in [3.05, 3.63) is 65.1 Å². The predicted molar refractivity (Wildman–Crippen MR) is 109 cm³/mol. The van der Waals surface area contributed by atoms with Crippen LogP contribution in [0.4, 0.5) is 5.69 Å². The number of nitrogens with one attached hydrogen (secondary N) is 1. The van der Waals surface area contributed by atoms with E-state index in [1.165, 1.54) is 0 Å². The molecular weight excluding hydrogens is 354 g/mol. The first-order chi connectivity index (χ1) is 13.5. The fourth-order valence-corrected chi connectivity index (χ4v) is 3.35. The first-order valence-electron chi connectivity index (χ1n) is 9.22. The Morgan fingerprint density at radius 3 is 2.57 bits per heavy atom. The molecule has 4 aromatic rings. The van der Waals surface area contributed by atoms with E-state index in [0.29, 0.717) is 22.6 Å². The number of fused-ring (bicyclic) bond motifs is 2. The van der Waals surface area contributed by atoms with Gasteiger partial charge < -0.3 is 9.88 Å². The molecule has 2 aromatic heterocycles. The molecule has 2 heterocycles. The molecule has 0 saturated carbocycles. The third-order valence-corrected chi connectivity index (χ3v) is 4.91. The molecule has 1 amide bonds. The van der Waals surface area contributed by atoms with E-state index < -0.39 is 6.04 Å². The lowest BCUT2D eigenvalue weighted by molar-refractivity contribution is -0.119. The van der Waals surface area contributed by atoms with Crippen molar-refractivity contribution in [1.29, 1.82) is 0 Å². The van der Waals surface area contributed by atoms with Crippen molar-refractivity contribution < 1.29 is 4.79 Å². The van der Waals surface area contributed by atoms with E-state index in [2.05, 4.69) is 34.0 Å². The lowest BCUT2D eigenvalue weighted by Crippen LogP contribution is -2.34. The topological polar surface area (TPSA) is 81.8 Å². The van der Waals surface area contributed by atoms with Crippen LogP contribution in [0.2, 0.25) is 0 Å². The van der Waals surface area contributed by atoms with Gasteiger partial charge in [-0.15, -0.1) is 5.10 Å². The first-order valence-corrected chi connectivity index (χ1v) is 9.22. The Morgan fingerprint density at radius 1 is 1.00 bits per heavy atom. The van der Waals surface area contributed by atoms with Gasteiger partial charge in [-0.3, -0.25) is 9.59 Å². The molecule has 0 bridgehead atoms. The van der Waals surface area contributed by atoms with Crippen LogP contribution < -0.4 is 10.9 Å². The normalized spacial score (nSPS) is 12.6. The Hall–Kier alpha value is -3.48. The molecule has 28 heavy (non-hydrogen) atoms. The quantitative estimate of drug-likeness (QED) is 0.592. The van der Waals surface area contributed by atoms with E-state index in [-0.39, 0.29) is 11.5 Å². The maximum absolute atomic E-state index is 12.8. The fourth-order valence-electron chi connectivity index (χ4n) is 3.35. The lowest BCUT2D eigenvalue weighted by Gasteiger charge is -2.15. The summed E-state index contributed by atoms with van der Waals surface area (Å²) in [5.41, 5.74) is 1.92. The largest absolute Gasteiger partial charge is 0.345 e. The Bertz CT molecular complexity index is 1240. The summed E-state index contributed by atoms with van der Waals surface area (Å²) in [6, 6.07) is 14.2. The van der Waals surface area contributed by atoms with Crippen molar-refractivity contribution in [2.24, 2.45) is 0 Å². The molecular formula is C21H21N5O2. The number of rotatable bonds is 4. The second kappa shape index (κ2) is 6.92. The monoisotopic (exact) mass is 375 g/mol. The van der Waals surface area contributed by atoms with Gasteiger partial charge in [-0.05, 0) is 51.1 Å². The number of benzene rings is 2. The van der Waals surface area contributed by atoms with E-state index in [1.54, 1.807) is 31.2 Å². The minimum absolute atomic E-state index is 0.314. The van der Waals surface area contributed by atoms with Crippen LogP contribution in [0.3, 0.4) is 0 Å². The Balaban J connectivity index is 1.67. The third-order valence-electron chi connectivity index (χ3n) is 4.91. The highest BCUT2D eigenvalue weighted by Crippen LogP contribution is 2.27. The summed E-state index contributed by atoms with van der Waals surface area (Å²) in [7, 11) is 0. The van der Waals surface area contributed by atoms with Gasteiger partial charge in [-0.25, -0.2) is 0 Å². The SMILES string of the molecule is CC(C)n1ccc2c(NC(=O)[C@H](C)n3nnc4ccccc4c3=O)cccc21. The van der Waals surface area contributed by atoms with Gasteiger partial charge >= 0.3 is 0 Å². The molecule has 0 aliphatic heterocycles. The maximum atomic E-state index is 12.8. The molecule has 0 unspecified atom stereocenters. The second-order valence-electron chi connectivity index (χ2n) is 7.08. The third kappa shape index (κ3) is 2.94. The van der Waals surface area contributed by atoms with Crippen molar-refractivity contribution in [2.75, 3.05) is 5.32 Å². The van der Waals surface area contributed by atoms with E-state index in [1.807, 2.05) is 30.5 Å². The minimum Gasteiger partial charge on any atom is -0.345 e. The number of carbonyl (C=O) groups is 1. The zero-order valence-electron chi connectivity index (χ0n) is 16.0. The van der Waals surface area contributed by atoms with E-state index >= 15 is 0 Å². The number of amides is 1. The van der Waals surface area contributed by atoms with Crippen molar-refractivity contribution in [3.8, 4) is 0 Å². The van der Waals surface area contributed by atoms with Crippen molar-refractivity contribution >= 4 is 33.4 Å². The zero-order chi connectivity index (χ0) is 19.8. The molecule has 0 aliphatic rings. The van der Waals surface area contributed by atoms with E-state index in [0.717, 1.165) is 15.6 Å². The molecule has 1 N–H and O–H groups in total. The molecule has 7 heteroatoms. The molecule has 2 aromatic carbocycles. The molecule has 142 valence electrons. The van der Waals surface area contributed by atoms with Gasteiger partial charge in [0.2, 0.25) is 5.91 Å². The Labute approximate surface area is 161 Å². The summed E-state index contributed by atoms with van der Waals surface area (Å²) in [4.78, 5) is 25.5. The van der Waals surface area contributed by atoms with Crippen LogP contribution in [0.5, 0.6) is 0 Å². The minimum atomic E-state index is -0.799. The van der Waals surface area contributed by atoms with Crippen LogP contribution in [0, 0.1) is 0 Å². The highest BCUT2D eigenvalue weighted by molar-refractivity contribution is 6.02. The van der Waals surface area contributed by atoms with Crippen LogP contribution in [0.1, 0.15) is 32.9 Å². The number of hydrogen-bond acceptors (Lipinski definition) is 4. The van der Waals surface area contributed by atoms with E-state index in [4.69, 9.17) is 0 Å². The highest BCUT2D eigenvalue weighted by atomic mass is 16.2. The molecule has 0 fully saturated rings. The zero-order valence-corrected chi connectivity index (χ0v) is 16.0. The molecule has 0 aliphatic carbocycles. The summed E-state index contributed by atoms with van der Waals surface area (Å²) >= 11 is 0. The van der Waals surface area contributed by atoms with Gasteiger partial charge in [0.15, 0.2) is 0 Å². The Morgan fingerprint density at radius 2 is 1.79 bits per heavy atom. The molecule has 4 rings (SSSR count). The second-order valence-corrected chi connectivity index (χ2v) is 7.08. The van der Waals surface area contributed by atoms with Crippen LogP contribution in [-0.2, 0) is 4.79 Å². The highest BCUT2D eigenvalue weighted by Gasteiger charge is 2.20. The maximum Gasteiger partial charge on any atom is 0.278 e. The van der Waals surface area contributed by atoms with Crippen molar-refractivity contribution in [1.82, 2.24) is 19.6 Å². The summed E-state index contributed by atoms with van der Waals surface area (Å²) in [6.07, 6.45) is 2.01. The van der Waals surface area contributed by atoms with Crippen LogP contribution >= 0.6 is 0 Å². The van der Waals surface area contributed by atoms with Crippen LogP contribution in [0.25, 0.3) is 21.8 Å². The summed E-state index contributed by atoms with van der Waals surface area (Å²) in [5.74, 6) is -0.323. The van der Waals surface area contributed by atoms with Gasteiger partial charge in [-0.2, -0.15) is 4.68 Å². The molecule has 7 nitrogen and oxygen atoms in total. The van der Waals surface area contributed by atoms with Gasteiger partial charge in [0.1, 0.15) is 11.6 Å². The molecule has 0 spiro atoms. The standard InChI is InChI=1S/C21H21N5O2/c1-13(2)25-12-11-15-17(9-6-10-19(15)25)22-20(27)14(3)26-21(28)16-7-4-5-8-18(16)23-24-26/h4-14H,1-3H3,(H,22,27)/t14-/m0/s1. The summed E-state index contributed by atoms with van der Waals surface area (Å²) < 4.78 is 3.27. The average molecular weight is 375 g/mol. The predicted octanol–water partition coefficient (Wildman–Crippen LogP) is 3.53. The number of anilines is 1. The number of carbonyl (C=O) groups excluding carboxylic acids is 1. The van der Waals surface area contributed by atoms with Gasteiger partial charge in [-0.1, -0.05) is 23.4 Å². The average Bonchev–Trinajstić information content (AvgIpc) is 3.13. The smallest absolute Gasteiger partial charge is 0.278 e. The fraction of sp³-hybridized carbons (Fsp3) is 0.238. The lowest BCUT2D eigenvalue weighted by atomic mass is 10.2. The molecule has 1 atom stereocenters. The van der Waals surface area contributed by atoms with Crippen molar-refractivity contribution in [3.63, 3.8) is 0 Å². The van der Waals surface area contributed by atoms with Gasteiger partial charge in [0.25, 0.3) is 5.56 Å². The van der Waals surface area contributed by atoms with E-state index in [9.17, 15) is 9.59 Å². The Kier molecular flexibility index (Phi) is 4.43.